The topological polar surface area (TPSA) is 38.5 Å². The Morgan fingerprint density at radius 2 is 2.11 bits per heavy atom. The van der Waals surface area contributed by atoms with Gasteiger partial charge in [0.2, 0.25) is 0 Å². The van der Waals surface area contributed by atoms with Crippen LogP contribution in [0, 0.1) is 11.8 Å². The van der Waals surface area contributed by atoms with Crippen LogP contribution in [-0.4, -0.2) is 44.8 Å². The van der Waals surface area contributed by atoms with E-state index in [2.05, 4.69) is 11.0 Å². The Morgan fingerprint density at radius 3 is 2.72 bits per heavy atom. The number of ether oxygens (including phenoxy) is 1. The van der Waals surface area contributed by atoms with Gasteiger partial charge in [-0.3, -0.25) is 4.90 Å². The van der Waals surface area contributed by atoms with Crippen LogP contribution >= 0.6 is 0 Å². The van der Waals surface area contributed by atoms with E-state index in [1.807, 2.05) is 0 Å². The Labute approximate surface area is 111 Å². The number of hydrogen-bond donors (Lipinski definition) is 1. The molecule has 0 aromatic rings. The zero-order chi connectivity index (χ0) is 12.8. The standard InChI is InChI=1S/C15H28N2O/c1-18-12-13-6-8-17(9-7-13)11-15-5-3-2-4-14(15)10-16/h6,14-15H,2-5,7-12,16H2,1H3. The number of hydrogen-bond acceptors (Lipinski definition) is 3. The summed E-state index contributed by atoms with van der Waals surface area (Å²) < 4.78 is 5.20. The zero-order valence-electron chi connectivity index (χ0n) is 11.7. The maximum Gasteiger partial charge on any atom is 0.0673 e. The summed E-state index contributed by atoms with van der Waals surface area (Å²) in [5.74, 6) is 1.60. The smallest absolute Gasteiger partial charge is 0.0673 e. The second kappa shape index (κ2) is 7.27. The molecule has 18 heavy (non-hydrogen) atoms. The second-order valence-electron chi connectivity index (χ2n) is 5.85. The van der Waals surface area contributed by atoms with Gasteiger partial charge in [0.25, 0.3) is 0 Å². The minimum atomic E-state index is 0.767. The van der Waals surface area contributed by atoms with E-state index in [1.54, 1.807) is 7.11 Å². The van der Waals surface area contributed by atoms with Gasteiger partial charge >= 0.3 is 0 Å². The minimum absolute atomic E-state index is 0.767. The maximum absolute atomic E-state index is 5.91. The highest BCUT2D eigenvalue weighted by Crippen LogP contribution is 2.30. The van der Waals surface area contributed by atoms with Gasteiger partial charge in [0, 0.05) is 26.7 Å². The Morgan fingerprint density at radius 1 is 1.33 bits per heavy atom. The molecule has 0 spiro atoms. The molecule has 1 heterocycles. The first kappa shape index (κ1) is 14.0. The van der Waals surface area contributed by atoms with E-state index in [1.165, 1.54) is 50.8 Å². The fraction of sp³-hybridized carbons (Fsp3) is 0.867. The van der Waals surface area contributed by atoms with E-state index < -0.39 is 0 Å². The predicted octanol–water partition coefficient (Wildman–Crippen LogP) is 2.03. The summed E-state index contributed by atoms with van der Waals surface area (Å²) in [5, 5.41) is 0. The highest BCUT2D eigenvalue weighted by atomic mass is 16.5. The van der Waals surface area contributed by atoms with Crippen molar-refractivity contribution < 1.29 is 4.74 Å². The average Bonchev–Trinajstić information content (AvgIpc) is 2.42. The molecule has 3 heteroatoms. The van der Waals surface area contributed by atoms with Crippen molar-refractivity contribution in [2.24, 2.45) is 17.6 Å². The van der Waals surface area contributed by atoms with E-state index in [4.69, 9.17) is 10.5 Å². The van der Waals surface area contributed by atoms with Gasteiger partial charge in [-0.15, -0.1) is 0 Å². The van der Waals surface area contributed by atoms with Gasteiger partial charge in [0.1, 0.15) is 0 Å². The first-order valence-corrected chi connectivity index (χ1v) is 7.42. The summed E-state index contributed by atoms with van der Waals surface area (Å²) in [6, 6.07) is 0. The van der Waals surface area contributed by atoms with Gasteiger partial charge in [-0.25, -0.2) is 0 Å². The van der Waals surface area contributed by atoms with Crippen molar-refractivity contribution in [1.29, 1.82) is 0 Å². The van der Waals surface area contributed by atoms with E-state index in [9.17, 15) is 0 Å². The number of nitrogens with zero attached hydrogens (tertiary/aromatic N) is 1. The molecule has 0 amide bonds. The van der Waals surface area contributed by atoms with Crippen LogP contribution in [0.1, 0.15) is 32.1 Å². The third-order valence-corrected chi connectivity index (χ3v) is 4.58. The van der Waals surface area contributed by atoms with Crippen LogP contribution in [0.15, 0.2) is 11.6 Å². The molecule has 0 aromatic carbocycles. The monoisotopic (exact) mass is 252 g/mol. The molecule has 2 rings (SSSR count). The molecule has 0 radical (unpaired) electrons. The molecule has 2 N–H and O–H groups in total. The third-order valence-electron chi connectivity index (χ3n) is 4.58. The van der Waals surface area contributed by atoms with Crippen LogP contribution in [0.3, 0.4) is 0 Å². The molecule has 0 aromatic heterocycles. The van der Waals surface area contributed by atoms with E-state index in [0.717, 1.165) is 31.5 Å². The average molecular weight is 252 g/mol. The van der Waals surface area contributed by atoms with Crippen molar-refractivity contribution in [3.63, 3.8) is 0 Å². The summed E-state index contributed by atoms with van der Waals surface area (Å²) in [4.78, 5) is 2.60. The van der Waals surface area contributed by atoms with Crippen molar-refractivity contribution in [2.75, 3.05) is 39.9 Å². The molecule has 0 bridgehead atoms. The SMILES string of the molecule is COCC1=CCN(CC2CCCCC2CN)CC1. The number of methoxy groups -OCH3 is 1. The largest absolute Gasteiger partial charge is 0.380 e. The zero-order valence-corrected chi connectivity index (χ0v) is 11.7. The van der Waals surface area contributed by atoms with Crippen LogP contribution < -0.4 is 5.73 Å². The molecule has 1 aliphatic carbocycles. The molecule has 2 atom stereocenters. The van der Waals surface area contributed by atoms with Crippen molar-refractivity contribution in [2.45, 2.75) is 32.1 Å². The quantitative estimate of drug-likeness (QED) is 0.761. The van der Waals surface area contributed by atoms with E-state index in [0.29, 0.717) is 0 Å². The lowest BCUT2D eigenvalue weighted by atomic mass is 9.79. The van der Waals surface area contributed by atoms with Crippen LogP contribution in [0.4, 0.5) is 0 Å². The van der Waals surface area contributed by atoms with E-state index in [-0.39, 0.29) is 0 Å². The molecule has 104 valence electrons. The van der Waals surface area contributed by atoms with Gasteiger partial charge in [-0.05, 0) is 43.2 Å². The predicted molar refractivity (Wildman–Crippen MR) is 75.5 cm³/mol. The Balaban J connectivity index is 1.79. The highest BCUT2D eigenvalue weighted by Gasteiger charge is 2.26. The Bertz CT molecular complexity index is 278. The first-order valence-electron chi connectivity index (χ1n) is 7.42. The van der Waals surface area contributed by atoms with Crippen molar-refractivity contribution in [1.82, 2.24) is 4.90 Å². The molecular formula is C15H28N2O. The molecule has 3 nitrogen and oxygen atoms in total. The lowest BCUT2D eigenvalue weighted by Gasteiger charge is -2.36. The lowest BCUT2D eigenvalue weighted by Crippen LogP contribution is -2.39. The van der Waals surface area contributed by atoms with Gasteiger partial charge in [-0.2, -0.15) is 0 Å². The second-order valence-corrected chi connectivity index (χ2v) is 5.85. The molecule has 1 saturated carbocycles. The molecule has 1 aliphatic heterocycles. The molecule has 2 aliphatic rings. The van der Waals surface area contributed by atoms with Crippen molar-refractivity contribution >= 4 is 0 Å². The van der Waals surface area contributed by atoms with Crippen LogP contribution in [-0.2, 0) is 4.74 Å². The van der Waals surface area contributed by atoms with Crippen LogP contribution in [0.2, 0.25) is 0 Å². The van der Waals surface area contributed by atoms with Gasteiger partial charge in [0.15, 0.2) is 0 Å². The van der Waals surface area contributed by atoms with Crippen LogP contribution in [0.5, 0.6) is 0 Å². The summed E-state index contributed by atoms with van der Waals surface area (Å²) in [7, 11) is 1.78. The van der Waals surface area contributed by atoms with Gasteiger partial charge in [-0.1, -0.05) is 18.9 Å². The van der Waals surface area contributed by atoms with Crippen LogP contribution in [0.25, 0.3) is 0 Å². The van der Waals surface area contributed by atoms with Gasteiger partial charge < -0.3 is 10.5 Å². The maximum atomic E-state index is 5.91. The minimum Gasteiger partial charge on any atom is -0.380 e. The fourth-order valence-electron chi connectivity index (χ4n) is 3.40. The third kappa shape index (κ3) is 3.81. The lowest BCUT2D eigenvalue weighted by molar-refractivity contribution is 0.156. The molecule has 0 saturated heterocycles. The van der Waals surface area contributed by atoms with Gasteiger partial charge in [0.05, 0.1) is 6.61 Å². The molecule has 1 fully saturated rings. The van der Waals surface area contributed by atoms with Crippen molar-refractivity contribution in [3.8, 4) is 0 Å². The summed E-state index contributed by atoms with van der Waals surface area (Å²) in [5.41, 5.74) is 7.38. The number of nitrogens with two attached hydrogens (primary N) is 1. The Hall–Kier alpha value is -0.380. The molecular weight excluding hydrogens is 224 g/mol. The van der Waals surface area contributed by atoms with Crippen molar-refractivity contribution in [3.05, 3.63) is 11.6 Å². The Kier molecular flexibility index (Phi) is 5.67. The van der Waals surface area contributed by atoms with E-state index >= 15 is 0 Å². The number of rotatable bonds is 5. The fourth-order valence-corrected chi connectivity index (χ4v) is 3.40. The highest BCUT2D eigenvalue weighted by molar-refractivity contribution is 5.07. The first-order chi connectivity index (χ1) is 8.83. The summed E-state index contributed by atoms with van der Waals surface area (Å²) >= 11 is 0. The normalized spacial score (nSPS) is 30.2. The molecule has 2 unspecified atom stereocenters. The summed E-state index contributed by atoms with van der Waals surface area (Å²) in [6.07, 6.45) is 9.05. The summed E-state index contributed by atoms with van der Waals surface area (Å²) in [6.45, 7) is 5.24.